The van der Waals surface area contributed by atoms with Gasteiger partial charge in [0, 0.05) is 18.3 Å². The molecular formula is C18H20N2O3. The van der Waals surface area contributed by atoms with E-state index in [1.807, 2.05) is 43.3 Å². The fourth-order valence-corrected chi connectivity index (χ4v) is 3.06. The third-order valence-electron chi connectivity index (χ3n) is 4.21. The molecule has 2 aromatic rings. The summed E-state index contributed by atoms with van der Waals surface area (Å²) in [5.41, 5.74) is 2.64. The minimum atomic E-state index is -0.304. The topological polar surface area (TPSA) is 62.4 Å². The van der Waals surface area contributed by atoms with Gasteiger partial charge in [0.1, 0.15) is 6.61 Å². The summed E-state index contributed by atoms with van der Waals surface area (Å²) < 4.78 is 5.44. The molecule has 23 heavy (non-hydrogen) atoms. The number of carbonyl (C=O) groups excluding carboxylic acids is 1. The van der Waals surface area contributed by atoms with Crippen molar-refractivity contribution in [3.05, 3.63) is 69.6 Å². The average molecular weight is 312 g/mol. The van der Waals surface area contributed by atoms with E-state index >= 15 is 0 Å². The number of nitrogens with zero attached hydrogens (tertiary/aromatic N) is 1. The zero-order valence-corrected chi connectivity index (χ0v) is 13.1. The van der Waals surface area contributed by atoms with Gasteiger partial charge in [-0.25, -0.2) is 4.79 Å². The molecule has 120 valence electrons. The van der Waals surface area contributed by atoms with E-state index in [2.05, 4.69) is 4.98 Å². The largest absolute Gasteiger partial charge is 0.445 e. The van der Waals surface area contributed by atoms with Crippen molar-refractivity contribution >= 4 is 6.09 Å². The molecule has 0 bridgehead atoms. The molecule has 1 fully saturated rings. The van der Waals surface area contributed by atoms with Crippen molar-refractivity contribution in [2.45, 2.75) is 32.4 Å². The van der Waals surface area contributed by atoms with E-state index in [9.17, 15) is 9.59 Å². The Morgan fingerprint density at radius 1 is 1.26 bits per heavy atom. The van der Waals surface area contributed by atoms with Gasteiger partial charge in [-0.15, -0.1) is 0 Å². The van der Waals surface area contributed by atoms with E-state index < -0.39 is 0 Å². The van der Waals surface area contributed by atoms with Crippen LogP contribution in [-0.2, 0) is 11.3 Å². The van der Waals surface area contributed by atoms with E-state index in [1.165, 1.54) is 6.07 Å². The summed E-state index contributed by atoms with van der Waals surface area (Å²) >= 11 is 0. The molecule has 0 saturated carbocycles. The van der Waals surface area contributed by atoms with Crippen molar-refractivity contribution in [3.8, 4) is 0 Å². The molecule has 1 aliphatic rings. The van der Waals surface area contributed by atoms with Crippen LogP contribution in [0.3, 0.4) is 0 Å². The zero-order chi connectivity index (χ0) is 16.2. The second kappa shape index (κ2) is 6.69. The van der Waals surface area contributed by atoms with E-state index in [0.29, 0.717) is 6.54 Å². The average Bonchev–Trinajstić information content (AvgIpc) is 3.03. The number of pyridine rings is 1. The van der Waals surface area contributed by atoms with Crippen LogP contribution < -0.4 is 5.56 Å². The van der Waals surface area contributed by atoms with Gasteiger partial charge in [0.15, 0.2) is 0 Å². The maximum absolute atomic E-state index is 12.4. The van der Waals surface area contributed by atoms with Crippen LogP contribution in [0.4, 0.5) is 4.79 Å². The van der Waals surface area contributed by atoms with Gasteiger partial charge < -0.3 is 14.6 Å². The molecular weight excluding hydrogens is 292 g/mol. The number of likely N-dealkylation sites (tertiary alicyclic amines) is 1. The molecule has 0 radical (unpaired) electrons. The molecule has 0 spiro atoms. The Labute approximate surface area is 134 Å². The summed E-state index contributed by atoms with van der Waals surface area (Å²) in [6.07, 6.45) is 1.51. The number of rotatable bonds is 3. The molecule has 1 amide bonds. The van der Waals surface area contributed by atoms with Crippen LogP contribution in [0.15, 0.2) is 47.3 Å². The van der Waals surface area contributed by atoms with Crippen molar-refractivity contribution in [2.75, 3.05) is 6.54 Å². The summed E-state index contributed by atoms with van der Waals surface area (Å²) in [6, 6.07) is 12.9. The SMILES string of the molecule is Cc1[nH]c(=O)ccc1C1CCCN1C(=O)OCc1ccccc1. The number of hydrogen-bond donors (Lipinski definition) is 1. The molecule has 5 heteroatoms. The Morgan fingerprint density at radius 3 is 2.78 bits per heavy atom. The van der Waals surface area contributed by atoms with Crippen molar-refractivity contribution in [2.24, 2.45) is 0 Å². The highest BCUT2D eigenvalue weighted by atomic mass is 16.6. The predicted octanol–water partition coefficient (Wildman–Crippen LogP) is 3.16. The Balaban J connectivity index is 1.71. The highest BCUT2D eigenvalue weighted by Gasteiger charge is 2.32. The highest BCUT2D eigenvalue weighted by Crippen LogP contribution is 2.33. The monoisotopic (exact) mass is 312 g/mol. The number of aromatic nitrogens is 1. The Morgan fingerprint density at radius 2 is 2.04 bits per heavy atom. The number of carbonyl (C=O) groups is 1. The van der Waals surface area contributed by atoms with E-state index in [1.54, 1.807) is 4.90 Å². The molecule has 3 rings (SSSR count). The molecule has 0 aliphatic carbocycles. The predicted molar refractivity (Wildman–Crippen MR) is 87.1 cm³/mol. The summed E-state index contributed by atoms with van der Waals surface area (Å²) in [7, 11) is 0. The fourth-order valence-electron chi connectivity index (χ4n) is 3.06. The van der Waals surface area contributed by atoms with Gasteiger partial charge in [0.2, 0.25) is 5.56 Å². The lowest BCUT2D eigenvalue weighted by atomic mass is 10.0. The second-order valence-corrected chi connectivity index (χ2v) is 5.79. The smallest absolute Gasteiger partial charge is 0.410 e. The lowest BCUT2D eigenvalue weighted by Gasteiger charge is -2.25. The van der Waals surface area contributed by atoms with Crippen molar-refractivity contribution in [1.82, 2.24) is 9.88 Å². The molecule has 1 unspecified atom stereocenters. The first-order chi connectivity index (χ1) is 11.1. The van der Waals surface area contributed by atoms with E-state index in [4.69, 9.17) is 4.74 Å². The number of nitrogens with one attached hydrogen (secondary N) is 1. The zero-order valence-electron chi connectivity index (χ0n) is 13.1. The second-order valence-electron chi connectivity index (χ2n) is 5.79. The highest BCUT2D eigenvalue weighted by molar-refractivity contribution is 5.69. The summed E-state index contributed by atoms with van der Waals surface area (Å²) in [5, 5.41) is 0. The van der Waals surface area contributed by atoms with E-state index in [0.717, 1.165) is 29.7 Å². The fraction of sp³-hybridized carbons (Fsp3) is 0.333. The maximum Gasteiger partial charge on any atom is 0.410 e. The van der Waals surface area contributed by atoms with Gasteiger partial charge >= 0.3 is 6.09 Å². The molecule has 5 nitrogen and oxygen atoms in total. The van der Waals surface area contributed by atoms with Crippen molar-refractivity contribution < 1.29 is 9.53 Å². The number of ether oxygens (including phenoxy) is 1. The Bertz CT molecular complexity index is 739. The van der Waals surface area contributed by atoms with Crippen LogP contribution in [0, 0.1) is 6.92 Å². The lowest BCUT2D eigenvalue weighted by molar-refractivity contribution is 0.0919. The number of aryl methyl sites for hydroxylation is 1. The van der Waals surface area contributed by atoms with Gasteiger partial charge in [0.05, 0.1) is 6.04 Å². The van der Waals surface area contributed by atoms with Crippen LogP contribution in [0.1, 0.15) is 35.7 Å². The molecule has 1 saturated heterocycles. The van der Waals surface area contributed by atoms with Gasteiger partial charge in [-0.1, -0.05) is 30.3 Å². The number of H-pyrrole nitrogens is 1. The molecule has 1 aromatic carbocycles. The summed E-state index contributed by atoms with van der Waals surface area (Å²) in [5.74, 6) is 0. The van der Waals surface area contributed by atoms with Crippen LogP contribution in [0.2, 0.25) is 0 Å². The number of hydrogen-bond acceptors (Lipinski definition) is 3. The minimum absolute atomic E-state index is 0.0323. The first-order valence-electron chi connectivity index (χ1n) is 7.82. The van der Waals surface area contributed by atoms with Gasteiger partial charge in [-0.05, 0) is 37.0 Å². The quantitative estimate of drug-likeness (QED) is 0.947. The van der Waals surface area contributed by atoms with Crippen LogP contribution in [0.25, 0.3) is 0 Å². The van der Waals surface area contributed by atoms with Crippen molar-refractivity contribution in [1.29, 1.82) is 0 Å². The minimum Gasteiger partial charge on any atom is -0.445 e. The molecule has 1 aliphatic heterocycles. The lowest BCUT2D eigenvalue weighted by Crippen LogP contribution is -2.31. The van der Waals surface area contributed by atoms with Gasteiger partial charge in [-0.3, -0.25) is 4.79 Å². The third kappa shape index (κ3) is 3.44. The first kappa shape index (κ1) is 15.3. The Hall–Kier alpha value is -2.56. The Kier molecular flexibility index (Phi) is 4.46. The standard InChI is InChI=1S/C18H20N2O3/c1-13-15(9-10-17(21)19-13)16-8-5-11-20(16)18(22)23-12-14-6-3-2-4-7-14/h2-4,6-7,9-10,16H,5,8,11-12H2,1H3,(H,19,21). The molecule has 2 heterocycles. The van der Waals surface area contributed by atoms with Crippen LogP contribution in [0.5, 0.6) is 0 Å². The van der Waals surface area contributed by atoms with Crippen molar-refractivity contribution in [3.63, 3.8) is 0 Å². The number of benzene rings is 1. The first-order valence-corrected chi connectivity index (χ1v) is 7.82. The number of aromatic amines is 1. The van der Waals surface area contributed by atoms with Crippen LogP contribution >= 0.6 is 0 Å². The maximum atomic E-state index is 12.4. The van der Waals surface area contributed by atoms with E-state index in [-0.39, 0.29) is 24.3 Å². The van der Waals surface area contributed by atoms with Crippen LogP contribution in [-0.4, -0.2) is 22.5 Å². The van der Waals surface area contributed by atoms with Gasteiger partial charge in [0.25, 0.3) is 0 Å². The number of amides is 1. The normalized spacial score (nSPS) is 17.3. The molecule has 1 N–H and O–H groups in total. The summed E-state index contributed by atoms with van der Waals surface area (Å²) in [6.45, 7) is 2.81. The molecule has 1 atom stereocenters. The molecule has 1 aromatic heterocycles. The summed E-state index contributed by atoms with van der Waals surface area (Å²) in [4.78, 5) is 28.3. The third-order valence-corrected chi connectivity index (χ3v) is 4.21. The van der Waals surface area contributed by atoms with Gasteiger partial charge in [-0.2, -0.15) is 0 Å².